The van der Waals surface area contributed by atoms with Gasteiger partial charge in [-0.25, -0.2) is 4.79 Å². The SMILES string of the molecule is O=C(O)C1=NCc2[nH]ncc21. The molecule has 0 radical (unpaired) electrons. The molecule has 0 fully saturated rings. The first kappa shape index (κ1) is 6.09. The highest BCUT2D eigenvalue weighted by molar-refractivity contribution is 6.43. The van der Waals surface area contributed by atoms with Crippen LogP contribution < -0.4 is 0 Å². The lowest BCUT2D eigenvalue weighted by atomic mass is 10.2. The van der Waals surface area contributed by atoms with E-state index in [0.29, 0.717) is 12.1 Å². The van der Waals surface area contributed by atoms with Gasteiger partial charge in [-0.1, -0.05) is 0 Å². The summed E-state index contributed by atoms with van der Waals surface area (Å²) in [7, 11) is 0. The summed E-state index contributed by atoms with van der Waals surface area (Å²) < 4.78 is 0. The molecular weight excluding hydrogens is 146 g/mol. The maximum atomic E-state index is 10.5. The van der Waals surface area contributed by atoms with E-state index in [1.165, 1.54) is 6.20 Å². The minimum Gasteiger partial charge on any atom is -0.477 e. The van der Waals surface area contributed by atoms with Crippen molar-refractivity contribution in [2.45, 2.75) is 6.54 Å². The molecule has 0 bridgehead atoms. The second kappa shape index (κ2) is 1.91. The molecule has 0 aliphatic carbocycles. The smallest absolute Gasteiger partial charge is 0.354 e. The van der Waals surface area contributed by atoms with Crippen LogP contribution in [-0.2, 0) is 11.3 Å². The molecule has 1 aliphatic rings. The van der Waals surface area contributed by atoms with Crippen molar-refractivity contribution < 1.29 is 9.90 Å². The number of hydrogen-bond acceptors (Lipinski definition) is 3. The van der Waals surface area contributed by atoms with Gasteiger partial charge in [0.05, 0.1) is 24.0 Å². The van der Waals surface area contributed by atoms with E-state index in [1.54, 1.807) is 0 Å². The highest BCUT2D eigenvalue weighted by atomic mass is 16.4. The lowest BCUT2D eigenvalue weighted by molar-refractivity contribution is -0.129. The van der Waals surface area contributed by atoms with E-state index in [2.05, 4.69) is 15.2 Å². The number of aliphatic imine (C=N–C) groups is 1. The van der Waals surface area contributed by atoms with E-state index >= 15 is 0 Å². The Morgan fingerprint density at radius 1 is 1.73 bits per heavy atom. The van der Waals surface area contributed by atoms with Crippen molar-refractivity contribution in [2.24, 2.45) is 4.99 Å². The quantitative estimate of drug-likeness (QED) is 0.583. The van der Waals surface area contributed by atoms with Gasteiger partial charge in [-0.05, 0) is 0 Å². The van der Waals surface area contributed by atoms with E-state index in [-0.39, 0.29) is 5.71 Å². The molecule has 5 nitrogen and oxygen atoms in total. The van der Waals surface area contributed by atoms with Crippen molar-refractivity contribution in [3.63, 3.8) is 0 Å². The van der Waals surface area contributed by atoms with E-state index in [0.717, 1.165) is 5.69 Å². The molecule has 0 unspecified atom stereocenters. The van der Waals surface area contributed by atoms with Crippen LogP contribution in [0.4, 0.5) is 0 Å². The van der Waals surface area contributed by atoms with Crippen LogP contribution in [0.3, 0.4) is 0 Å². The van der Waals surface area contributed by atoms with Gasteiger partial charge in [-0.3, -0.25) is 10.1 Å². The van der Waals surface area contributed by atoms with Gasteiger partial charge < -0.3 is 5.11 Å². The maximum Gasteiger partial charge on any atom is 0.354 e. The van der Waals surface area contributed by atoms with Gasteiger partial charge in [0.2, 0.25) is 0 Å². The Kier molecular flexibility index (Phi) is 1.06. The normalized spacial score (nSPS) is 14.4. The molecule has 5 heteroatoms. The van der Waals surface area contributed by atoms with Crippen LogP contribution in [0.25, 0.3) is 0 Å². The number of carbonyl (C=O) groups is 1. The number of aliphatic carboxylic acids is 1. The minimum absolute atomic E-state index is 0.105. The topological polar surface area (TPSA) is 78.3 Å². The third kappa shape index (κ3) is 0.739. The standard InChI is InChI=1S/C6H5N3O2/c10-6(11)5-3-1-8-9-4(3)2-7-5/h1H,2H2,(H,8,9)(H,10,11). The molecule has 2 heterocycles. The van der Waals surface area contributed by atoms with Crippen molar-refractivity contribution >= 4 is 11.7 Å². The molecular formula is C6H5N3O2. The Balaban J connectivity index is 2.50. The number of nitrogens with one attached hydrogen (secondary N) is 1. The lowest BCUT2D eigenvalue weighted by Gasteiger charge is -1.87. The fourth-order valence-electron chi connectivity index (χ4n) is 1.06. The van der Waals surface area contributed by atoms with Gasteiger partial charge in [0.25, 0.3) is 0 Å². The molecule has 1 aliphatic heterocycles. The Bertz CT molecular complexity index is 339. The minimum atomic E-state index is -0.995. The zero-order valence-electron chi connectivity index (χ0n) is 5.53. The van der Waals surface area contributed by atoms with Crippen molar-refractivity contribution in [1.29, 1.82) is 0 Å². The molecule has 1 aromatic rings. The first-order valence-corrected chi connectivity index (χ1v) is 3.09. The highest BCUT2D eigenvalue weighted by Crippen LogP contribution is 2.14. The van der Waals surface area contributed by atoms with Crippen molar-refractivity contribution in [3.05, 3.63) is 17.5 Å². The lowest BCUT2D eigenvalue weighted by Crippen LogP contribution is -2.11. The zero-order valence-corrected chi connectivity index (χ0v) is 5.53. The molecule has 2 rings (SSSR count). The number of carboxylic acid groups (broad SMARTS) is 1. The number of aromatic amines is 1. The molecule has 0 saturated carbocycles. The third-order valence-electron chi connectivity index (χ3n) is 1.57. The average Bonchev–Trinajstić information content (AvgIpc) is 2.41. The first-order chi connectivity index (χ1) is 5.29. The molecule has 0 aromatic carbocycles. The number of H-pyrrole nitrogens is 1. The van der Waals surface area contributed by atoms with Gasteiger partial charge in [0.15, 0.2) is 5.71 Å². The summed E-state index contributed by atoms with van der Waals surface area (Å²) in [6.45, 7) is 0.400. The predicted octanol–water partition coefficient (Wildman–Crippen LogP) is -0.203. The molecule has 56 valence electrons. The van der Waals surface area contributed by atoms with Crippen LogP contribution in [0.2, 0.25) is 0 Å². The molecule has 0 saturated heterocycles. The van der Waals surface area contributed by atoms with Crippen molar-refractivity contribution in [2.75, 3.05) is 0 Å². The molecule has 1 aromatic heterocycles. The monoisotopic (exact) mass is 151 g/mol. The zero-order chi connectivity index (χ0) is 7.84. The Labute approximate surface area is 61.8 Å². The van der Waals surface area contributed by atoms with E-state index in [4.69, 9.17) is 5.11 Å². The molecule has 0 spiro atoms. The summed E-state index contributed by atoms with van der Waals surface area (Å²) in [5.74, 6) is -0.995. The van der Waals surface area contributed by atoms with Crippen LogP contribution in [0.1, 0.15) is 11.3 Å². The van der Waals surface area contributed by atoms with Crippen LogP contribution >= 0.6 is 0 Å². The summed E-state index contributed by atoms with van der Waals surface area (Å²) >= 11 is 0. The van der Waals surface area contributed by atoms with Crippen molar-refractivity contribution in [3.8, 4) is 0 Å². The molecule has 11 heavy (non-hydrogen) atoms. The summed E-state index contributed by atoms with van der Waals surface area (Å²) in [4.78, 5) is 14.3. The van der Waals surface area contributed by atoms with E-state index < -0.39 is 5.97 Å². The fraction of sp³-hybridized carbons (Fsp3) is 0.167. The molecule has 0 atom stereocenters. The van der Waals surface area contributed by atoms with Gasteiger partial charge in [0.1, 0.15) is 0 Å². The van der Waals surface area contributed by atoms with Gasteiger partial charge in [0, 0.05) is 0 Å². The second-order valence-corrected chi connectivity index (χ2v) is 2.23. The summed E-state index contributed by atoms with van der Waals surface area (Å²) in [5, 5.41) is 15.0. The number of aromatic nitrogens is 2. The molecule has 0 amide bonds. The summed E-state index contributed by atoms with van der Waals surface area (Å²) in [5.41, 5.74) is 1.49. The van der Waals surface area contributed by atoms with Crippen LogP contribution in [-0.4, -0.2) is 27.0 Å². The highest BCUT2D eigenvalue weighted by Gasteiger charge is 2.22. The number of carboxylic acids is 1. The number of fused-ring (bicyclic) bond motifs is 1. The van der Waals surface area contributed by atoms with E-state index in [1.807, 2.05) is 0 Å². The van der Waals surface area contributed by atoms with Crippen LogP contribution in [0, 0.1) is 0 Å². The largest absolute Gasteiger partial charge is 0.477 e. The predicted molar refractivity (Wildman–Crippen MR) is 36.5 cm³/mol. The maximum absolute atomic E-state index is 10.5. The van der Waals surface area contributed by atoms with Crippen molar-refractivity contribution in [1.82, 2.24) is 10.2 Å². The number of nitrogens with zero attached hydrogens (tertiary/aromatic N) is 2. The van der Waals surface area contributed by atoms with Crippen LogP contribution in [0.5, 0.6) is 0 Å². The summed E-state index contributed by atoms with van der Waals surface area (Å²) in [6.07, 6.45) is 1.48. The number of hydrogen-bond donors (Lipinski definition) is 2. The van der Waals surface area contributed by atoms with E-state index in [9.17, 15) is 4.79 Å². The van der Waals surface area contributed by atoms with Crippen LogP contribution in [0.15, 0.2) is 11.2 Å². The Hall–Kier alpha value is -1.65. The molecule has 2 N–H and O–H groups in total. The van der Waals surface area contributed by atoms with Gasteiger partial charge in [-0.2, -0.15) is 5.10 Å². The Morgan fingerprint density at radius 2 is 2.55 bits per heavy atom. The second-order valence-electron chi connectivity index (χ2n) is 2.23. The number of rotatable bonds is 1. The average molecular weight is 151 g/mol. The fourth-order valence-corrected chi connectivity index (χ4v) is 1.06. The summed E-state index contributed by atoms with van der Waals surface area (Å²) in [6, 6.07) is 0. The third-order valence-corrected chi connectivity index (χ3v) is 1.57. The Morgan fingerprint density at radius 3 is 3.27 bits per heavy atom. The van der Waals surface area contributed by atoms with Gasteiger partial charge >= 0.3 is 5.97 Å². The first-order valence-electron chi connectivity index (χ1n) is 3.09. The van der Waals surface area contributed by atoms with Gasteiger partial charge in [-0.15, -0.1) is 0 Å².